The molecular weight excluding hydrogens is 317 g/mol. The van der Waals surface area contributed by atoms with Crippen LogP contribution in [0.15, 0.2) is 71.1 Å². The Bertz CT molecular complexity index is 710. The van der Waals surface area contributed by atoms with Gasteiger partial charge in [0.25, 0.3) is 0 Å². The zero-order valence-electron chi connectivity index (χ0n) is 11.9. The zero-order chi connectivity index (χ0) is 14.5. The fraction of sp³-hybridized carbons (Fsp3) is 0.111. The van der Waals surface area contributed by atoms with Crippen molar-refractivity contribution < 1.29 is 16.8 Å². The maximum atomic E-state index is 6.18. The first-order chi connectivity index (χ1) is 10.3. The first-order valence-electron chi connectivity index (χ1n) is 6.91. The van der Waals surface area contributed by atoms with Crippen molar-refractivity contribution in [1.29, 1.82) is 0 Å². The summed E-state index contributed by atoms with van der Waals surface area (Å²) >= 11 is 6.18. The standard InChI is InChI=1S/C18H16ClNO.ClH/c19-17-9-5-4-8-16(17)18-11-10-15(21-18)13-20-12-14-6-2-1-3-7-14;/h1-11,20H,12-13H2;1H/p-1. The average molecular weight is 333 g/mol. The third-order valence-corrected chi connectivity index (χ3v) is 3.60. The van der Waals surface area contributed by atoms with E-state index in [-0.39, 0.29) is 12.4 Å². The number of rotatable bonds is 5. The molecular formula is C18H16Cl2NO-. The Kier molecular flexibility index (Phi) is 6.08. The summed E-state index contributed by atoms with van der Waals surface area (Å²) in [7, 11) is 0. The van der Waals surface area contributed by atoms with Gasteiger partial charge in [-0.25, -0.2) is 0 Å². The molecule has 0 aliphatic heterocycles. The van der Waals surface area contributed by atoms with Gasteiger partial charge in [0.15, 0.2) is 0 Å². The molecule has 114 valence electrons. The van der Waals surface area contributed by atoms with Gasteiger partial charge < -0.3 is 22.1 Å². The van der Waals surface area contributed by atoms with Crippen LogP contribution in [0.25, 0.3) is 11.3 Å². The van der Waals surface area contributed by atoms with Gasteiger partial charge in [-0.1, -0.05) is 54.1 Å². The highest BCUT2D eigenvalue weighted by molar-refractivity contribution is 6.33. The van der Waals surface area contributed by atoms with Gasteiger partial charge in [-0.05, 0) is 29.8 Å². The van der Waals surface area contributed by atoms with Crippen LogP contribution in [0.5, 0.6) is 0 Å². The Morgan fingerprint density at radius 1 is 0.818 bits per heavy atom. The van der Waals surface area contributed by atoms with Crippen LogP contribution in [0.1, 0.15) is 11.3 Å². The van der Waals surface area contributed by atoms with E-state index in [0.29, 0.717) is 11.6 Å². The van der Waals surface area contributed by atoms with E-state index in [9.17, 15) is 0 Å². The predicted molar refractivity (Wildman–Crippen MR) is 86.1 cm³/mol. The highest BCUT2D eigenvalue weighted by atomic mass is 35.5. The van der Waals surface area contributed by atoms with Crippen molar-refractivity contribution in [1.82, 2.24) is 5.32 Å². The van der Waals surface area contributed by atoms with Gasteiger partial charge in [0.05, 0.1) is 11.6 Å². The quantitative estimate of drug-likeness (QED) is 0.772. The molecule has 3 aromatic rings. The minimum Gasteiger partial charge on any atom is -1.00 e. The Hall–Kier alpha value is -1.74. The molecule has 0 aliphatic rings. The molecule has 4 heteroatoms. The molecule has 0 unspecified atom stereocenters. The number of furan rings is 1. The Labute approximate surface area is 141 Å². The van der Waals surface area contributed by atoms with Gasteiger partial charge in [-0.2, -0.15) is 0 Å². The Morgan fingerprint density at radius 3 is 2.32 bits per heavy atom. The van der Waals surface area contributed by atoms with E-state index in [2.05, 4.69) is 17.4 Å². The van der Waals surface area contributed by atoms with E-state index in [4.69, 9.17) is 16.0 Å². The summed E-state index contributed by atoms with van der Waals surface area (Å²) in [6.07, 6.45) is 0. The molecule has 2 nitrogen and oxygen atoms in total. The van der Waals surface area contributed by atoms with Crippen LogP contribution in [-0.2, 0) is 13.1 Å². The summed E-state index contributed by atoms with van der Waals surface area (Å²) < 4.78 is 5.84. The highest BCUT2D eigenvalue weighted by Crippen LogP contribution is 2.28. The highest BCUT2D eigenvalue weighted by Gasteiger charge is 2.07. The Balaban J connectivity index is 0.00000176. The minimum absolute atomic E-state index is 0. The molecule has 0 bridgehead atoms. The van der Waals surface area contributed by atoms with Gasteiger partial charge in [0.1, 0.15) is 11.5 Å². The summed E-state index contributed by atoms with van der Waals surface area (Å²) in [4.78, 5) is 0. The van der Waals surface area contributed by atoms with E-state index in [1.807, 2.05) is 54.6 Å². The average Bonchev–Trinajstić information content (AvgIpc) is 2.97. The van der Waals surface area contributed by atoms with Crippen LogP contribution in [0.2, 0.25) is 5.02 Å². The second-order valence-corrected chi connectivity index (χ2v) is 5.24. The molecule has 1 heterocycles. The maximum absolute atomic E-state index is 6.18. The van der Waals surface area contributed by atoms with Crippen LogP contribution < -0.4 is 17.7 Å². The van der Waals surface area contributed by atoms with E-state index in [0.717, 1.165) is 23.6 Å². The van der Waals surface area contributed by atoms with Gasteiger partial charge in [-0.15, -0.1) is 0 Å². The third-order valence-electron chi connectivity index (χ3n) is 3.27. The van der Waals surface area contributed by atoms with Crippen molar-refractivity contribution in [2.45, 2.75) is 13.1 Å². The predicted octanol–water partition coefficient (Wildman–Crippen LogP) is 1.89. The summed E-state index contributed by atoms with van der Waals surface area (Å²) in [6, 6.07) is 21.9. The molecule has 0 saturated heterocycles. The van der Waals surface area contributed by atoms with E-state index < -0.39 is 0 Å². The largest absolute Gasteiger partial charge is 1.00 e. The number of hydrogen-bond donors (Lipinski definition) is 1. The molecule has 3 rings (SSSR count). The molecule has 0 radical (unpaired) electrons. The van der Waals surface area contributed by atoms with Crippen molar-refractivity contribution in [3.05, 3.63) is 83.1 Å². The monoisotopic (exact) mass is 332 g/mol. The van der Waals surface area contributed by atoms with E-state index in [1.54, 1.807) is 0 Å². The molecule has 1 aromatic heterocycles. The topological polar surface area (TPSA) is 25.2 Å². The van der Waals surface area contributed by atoms with E-state index >= 15 is 0 Å². The lowest BCUT2D eigenvalue weighted by Gasteiger charge is -2.03. The Morgan fingerprint density at radius 2 is 1.55 bits per heavy atom. The summed E-state index contributed by atoms with van der Waals surface area (Å²) in [5.41, 5.74) is 2.18. The van der Waals surface area contributed by atoms with Gasteiger partial charge >= 0.3 is 0 Å². The van der Waals surface area contributed by atoms with Crippen LogP contribution in [0, 0.1) is 0 Å². The second kappa shape index (κ2) is 8.04. The first-order valence-corrected chi connectivity index (χ1v) is 7.29. The lowest BCUT2D eigenvalue weighted by atomic mass is 10.2. The fourth-order valence-electron chi connectivity index (χ4n) is 2.20. The number of hydrogen-bond acceptors (Lipinski definition) is 2. The summed E-state index contributed by atoms with van der Waals surface area (Å²) in [6.45, 7) is 1.52. The zero-order valence-corrected chi connectivity index (χ0v) is 13.4. The van der Waals surface area contributed by atoms with Crippen LogP contribution in [-0.4, -0.2) is 0 Å². The van der Waals surface area contributed by atoms with Crippen molar-refractivity contribution in [3.63, 3.8) is 0 Å². The smallest absolute Gasteiger partial charge is 0.135 e. The van der Waals surface area contributed by atoms with Crippen molar-refractivity contribution in [2.75, 3.05) is 0 Å². The van der Waals surface area contributed by atoms with E-state index in [1.165, 1.54) is 5.56 Å². The minimum atomic E-state index is 0. The lowest BCUT2D eigenvalue weighted by molar-refractivity contribution is -0.00000468. The molecule has 1 N–H and O–H groups in total. The SMILES string of the molecule is Clc1ccccc1-c1ccc(CNCc2ccccc2)o1.[Cl-]. The normalized spacial score (nSPS) is 10.2. The maximum Gasteiger partial charge on any atom is 0.135 e. The summed E-state index contributed by atoms with van der Waals surface area (Å²) in [5.74, 6) is 1.71. The number of nitrogens with one attached hydrogen (secondary N) is 1. The fourth-order valence-corrected chi connectivity index (χ4v) is 2.43. The van der Waals surface area contributed by atoms with Gasteiger partial charge in [-0.3, -0.25) is 0 Å². The molecule has 0 spiro atoms. The van der Waals surface area contributed by atoms with Crippen molar-refractivity contribution >= 4 is 11.6 Å². The third kappa shape index (κ3) is 4.14. The van der Waals surface area contributed by atoms with Crippen LogP contribution in [0.3, 0.4) is 0 Å². The summed E-state index contributed by atoms with van der Waals surface area (Å²) in [5, 5.41) is 4.07. The number of halogens is 2. The molecule has 2 aromatic carbocycles. The molecule has 0 atom stereocenters. The van der Waals surface area contributed by atoms with Gasteiger partial charge in [0, 0.05) is 12.1 Å². The first kappa shape index (κ1) is 16.6. The van der Waals surface area contributed by atoms with Crippen molar-refractivity contribution in [3.8, 4) is 11.3 Å². The van der Waals surface area contributed by atoms with Crippen molar-refractivity contribution in [2.24, 2.45) is 0 Å². The molecule has 0 saturated carbocycles. The van der Waals surface area contributed by atoms with Gasteiger partial charge in [0.2, 0.25) is 0 Å². The molecule has 0 amide bonds. The molecule has 0 fully saturated rings. The van der Waals surface area contributed by atoms with Crippen LogP contribution in [0.4, 0.5) is 0 Å². The lowest BCUT2D eigenvalue weighted by Crippen LogP contribution is -3.00. The number of benzene rings is 2. The second-order valence-electron chi connectivity index (χ2n) is 4.83. The molecule has 22 heavy (non-hydrogen) atoms. The molecule has 0 aliphatic carbocycles. The van der Waals surface area contributed by atoms with Crippen LogP contribution >= 0.6 is 11.6 Å².